The Labute approximate surface area is 134 Å². The molecule has 1 saturated carbocycles. The van der Waals surface area contributed by atoms with Crippen LogP contribution >= 0.6 is 23.2 Å². The number of halogens is 2. The van der Waals surface area contributed by atoms with Gasteiger partial charge in [-0.3, -0.25) is 0 Å². The number of alkyl halides is 1. The topological polar surface area (TPSA) is 39.9 Å². The molecule has 0 aliphatic heterocycles. The van der Waals surface area contributed by atoms with Crippen LogP contribution in [0.15, 0.2) is 12.3 Å². The van der Waals surface area contributed by atoms with Gasteiger partial charge < -0.3 is 9.30 Å². The molecule has 0 amide bonds. The molecule has 0 aromatic carbocycles. The number of hydrogen-bond donors (Lipinski definition) is 0. The average molecular weight is 328 g/mol. The number of ether oxygens (including phenoxy) is 1. The zero-order valence-corrected chi connectivity index (χ0v) is 13.8. The molecule has 0 bridgehead atoms. The standard InChI is InChI=1S/C15H19Cl2N3O/c1-10(16)13-19-12-7-11(17)8-18-14(12)20(13)9-15(3-4-15)5-6-21-2/h7-8,10H,3-6,9H2,1-2H3. The number of hydrogen-bond acceptors (Lipinski definition) is 3. The van der Waals surface area contributed by atoms with Gasteiger partial charge in [-0.1, -0.05) is 11.6 Å². The van der Waals surface area contributed by atoms with Crippen molar-refractivity contribution in [1.29, 1.82) is 0 Å². The Morgan fingerprint density at radius 2 is 2.24 bits per heavy atom. The molecule has 1 atom stereocenters. The largest absolute Gasteiger partial charge is 0.385 e. The Bertz CT molecular complexity index is 650. The molecule has 2 heterocycles. The van der Waals surface area contributed by atoms with E-state index in [4.69, 9.17) is 27.9 Å². The molecule has 1 aliphatic rings. The summed E-state index contributed by atoms with van der Waals surface area (Å²) in [6, 6.07) is 1.85. The van der Waals surface area contributed by atoms with Crippen LogP contribution in [-0.4, -0.2) is 28.3 Å². The normalized spacial score (nSPS) is 18.1. The van der Waals surface area contributed by atoms with E-state index in [1.807, 2.05) is 13.0 Å². The fourth-order valence-corrected chi connectivity index (χ4v) is 3.10. The Morgan fingerprint density at radius 3 is 2.86 bits per heavy atom. The maximum absolute atomic E-state index is 6.30. The number of aromatic nitrogens is 3. The van der Waals surface area contributed by atoms with Crippen LogP contribution in [0.5, 0.6) is 0 Å². The lowest BCUT2D eigenvalue weighted by Crippen LogP contribution is -2.16. The molecule has 2 aromatic heterocycles. The minimum absolute atomic E-state index is 0.156. The highest BCUT2D eigenvalue weighted by Crippen LogP contribution is 2.51. The highest BCUT2D eigenvalue weighted by Gasteiger charge is 2.43. The third kappa shape index (κ3) is 3.03. The Hall–Kier alpha value is -0.840. The summed E-state index contributed by atoms with van der Waals surface area (Å²) in [7, 11) is 1.75. The van der Waals surface area contributed by atoms with Crippen LogP contribution < -0.4 is 0 Å². The van der Waals surface area contributed by atoms with Crippen molar-refractivity contribution in [1.82, 2.24) is 14.5 Å². The number of fused-ring (bicyclic) bond motifs is 1. The molecule has 3 rings (SSSR count). The van der Waals surface area contributed by atoms with Gasteiger partial charge in [0.1, 0.15) is 11.3 Å². The van der Waals surface area contributed by atoms with Crippen LogP contribution in [0.3, 0.4) is 0 Å². The monoisotopic (exact) mass is 327 g/mol. The number of rotatable bonds is 6. The summed E-state index contributed by atoms with van der Waals surface area (Å²) in [6.45, 7) is 3.63. The second-order valence-electron chi connectivity index (χ2n) is 5.91. The van der Waals surface area contributed by atoms with Crippen LogP contribution in [-0.2, 0) is 11.3 Å². The Kier molecular flexibility index (Phi) is 4.12. The smallest absolute Gasteiger partial charge is 0.160 e. The minimum atomic E-state index is -0.156. The predicted octanol–water partition coefficient (Wildman–Crippen LogP) is 4.20. The number of imidazole rings is 1. The summed E-state index contributed by atoms with van der Waals surface area (Å²) in [4.78, 5) is 9.07. The molecular weight excluding hydrogens is 309 g/mol. The van der Waals surface area contributed by atoms with Gasteiger partial charge in [0.25, 0.3) is 0 Å². The van der Waals surface area contributed by atoms with Gasteiger partial charge in [-0.15, -0.1) is 11.6 Å². The van der Waals surface area contributed by atoms with Crippen molar-refractivity contribution in [3.63, 3.8) is 0 Å². The maximum atomic E-state index is 6.30. The van der Waals surface area contributed by atoms with Crippen molar-refractivity contribution < 1.29 is 4.74 Å². The molecule has 114 valence electrons. The predicted molar refractivity (Wildman–Crippen MR) is 85.0 cm³/mol. The zero-order chi connectivity index (χ0) is 15.0. The van der Waals surface area contributed by atoms with E-state index in [1.165, 1.54) is 12.8 Å². The van der Waals surface area contributed by atoms with Gasteiger partial charge in [-0.2, -0.15) is 0 Å². The fraction of sp³-hybridized carbons (Fsp3) is 0.600. The zero-order valence-electron chi connectivity index (χ0n) is 12.3. The molecule has 1 unspecified atom stereocenters. The van der Waals surface area contributed by atoms with E-state index < -0.39 is 0 Å². The van der Waals surface area contributed by atoms with Crippen molar-refractivity contribution in [2.45, 2.75) is 38.1 Å². The van der Waals surface area contributed by atoms with Crippen molar-refractivity contribution >= 4 is 34.4 Å². The van der Waals surface area contributed by atoms with Gasteiger partial charge in [0.2, 0.25) is 0 Å². The van der Waals surface area contributed by atoms with Crippen LogP contribution in [0.25, 0.3) is 11.2 Å². The Morgan fingerprint density at radius 1 is 1.48 bits per heavy atom. The van der Waals surface area contributed by atoms with Crippen molar-refractivity contribution in [2.75, 3.05) is 13.7 Å². The molecule has 1 aliphatic carbocycles. The summed E-state index contributed by atoms with van der Waals surface area (Å²) in [6.07, 6.45) is 5.17. The fourth-order valence-electron chi connectivity index (χ4n) is 2.78. The van der Waals surface area contributed by atoms with E-state index in [2.05, 4.69) is 14.5 Å². The molecule has 0 N–H and O–H groups in total. The lowest BCUT2D eigenvalue weighted by Gasteiger charge is -2.18. The van der Waals surface area contributed by atoms with E-state index in [0.717, 1.165) is 36.6 Å². The molecule has 6 heteroatoms. The highest BCUT2D eigenvalue weighted by atomic mass is 35.5. The van der Waals surface area contributed by atoms with E-state index in [9.17, 15) is 0 Å². The van der Waals surface area contributed by atoms with Gasteiger partial charge >= 0.3 is 0 Å². The van der Waals surface area contributed by atoms with E-state index in [0.29, 0.717) is 10.4 Å². The number of methoxy groups -OCH3 is 1. The van der Waals surface area contributed by atoms with Crippen LogP contribution in [0.1, 0.15) is 37.4 Å². The minimum Gasteiger partial charge on any atom is -0.385 e. The average Bonchev–Trinajstić information content (AvgIpc) is 3.12. The molecule has 0 radical (unpaired) electrons. The van der Waals surface area contributed by atoms with E-state index in [-0.39, 0.29) is 5.38 Å². The third-order valence-corrected chi connectivity index (χ3v) is 4.63. The first-order valence-corrected chi connectivity index (χ1v) is 8.01. The summed E-state index contributed by atoms with van der Waals surface area (Å²) >= 11 is 12.3. The van der Waals surface area contributed by atoms with Gasteiger partial charge in [-0.25, -0.2) is 9.97 Å². The molecule has 4 nitrogen and oxygen atoms in total. The highest BCUT2D eigenvalue weighted by molar-refractivity contribution is 6.31. The SMILES string of the molecule is COCCC1(Cn2c(C(C)Cl)nc3cc(Cl)cnc32)CC1. The molecular formula is C15H19Cl2N3O. The first kappa shape index (κ1) is 15.1. The van der Waals surface area contributed by atoms with Crippen LogP contribution in [0, 0.1) is 5.41 Å². The van der Waals surface area contributed by atoms with Crippen LogP contribution in [0.2, 0.25) is 5.02 Å². The van der Waals surface area contributed by atoms with Gasteiger partial charge in [0.15, 0.2) is 5.65 Å². The second-order valence-corrected chi connectivity index (χ2v) is 7.00. The molecule has 0 saturated heterocycles. The van der Waals surface area contributed by atoms with Gasteiger partial charge in [0.05, 0.1) is 10.4 Å². The first-order valence-electron chi connectivity index (χ1n) is 7.19. The number of nitrogens with zero attached hydrogens (tertiary/aromatic N) is 3. The summed E-state index contributed by atoms with van der Waals surface area (Å²) in [5.41, 5.74) is 1.99. The molecule has 21 heavy (non-hydrogen) atoms. The summed E-state index contributed by atoms with van der Waals surface area (Å²) in [5, 5.41) is 0.442. The molecule has 0 spiro atoms. The summed E-state index contributed by atoms with van der Waals surface area (Å²) in [5.74, 6) is 0.866. The lowest BCUT2D eigenvalue weighted by molar-refractivity contribution is 0.167. The Balaban J connectivity index is 1.98. The first-order chi connectivity index (χ1) is 10.0. The van der Waals surface area contributed by atoms with Gasteiger partial charge in [-0.05, 0) is 37.7 Å². The van der Waals surface area contributed by atoms with Crippen molar-refractivity contribution in [2.24, 2.45) is 5.41 Å². The molecule has 2 aromatic rings. The van der Waals surface area contributed by atoms with Crippen molar-refractivity contribution in [3.05, 3.63) is 23.1 Å². The third-order valence-electron chi connectivity index (χ3n) is 4.22. The van der Waals surface area contributed by atoms with Gasteiger partial charge in [0, 0.05) is 26.5 Å². The van der Waals surface area contributed by atoms with Crippen LogP contribution in [0.4, 0.5) is 0 Å². The van der Waals surface area contributed by atoms with Crippen molar-refractivity contribution in [3.8, 4) is 0 Å². The quantitative estimate of drug-likeness (QED) is 0.746. The maximum Gasteiger partial charge on any atom is 0.160 e. The van der Waals surface area contributed by atoms with E-state index >= 15 is 0 Å². The number of pyridine rings is 1. The second kappa shape index (κ2) is 5.75. The lowest BCUT2D eigenvalue weighted by atomic mass is 10.0. The van der Waals surface area contributed by atoms with E-state index in [1.54, 1.807) is 13.3 Å². The summed E-state index contributed by atoms with van der Waals surface area (Å²) < 4.78 is 7.39. The molecule has 1 fully saturated rings.